The molecule has 1 aliphatic rings. The van der Waals surface area contributed by atoms with Crippen LogP contribution in [0.1, 0.15) is 40.9 Å². The van der Waals surface area contributed by atoms with E-state index in [9.17, 15) is 10.1 Å². The Kier molecular flexibility index (Phi) is 5.63. The van der Waals surface area contributed by atoms with Gasteiger partial charge in [-0.05, 0) is 48.9 Å². The highest BCUT2D eigenvalue weighted by atomic mass is 16.5. The predicted molar refractivity (Wildman–Crippen MR) is 112 cm³/mol. The first-order valence-electron chi connectivity index (χ1n) is 9.80. The highest BCUT2D eigenvalue weighted by molar-refractivity contribution is 5.91. The molecule has 3 aromatic rings. The number of benzene rings is 2. The van der Waals surface area contributed by atoms with Gasteiger partial charge in [-0.25, -0.2) is 4.79 Å². The zero-order valence-electron chi connectivity index (χ0n) is 16.8. The van der Waals surface area contributed by atoms with E-state index in [0.717, 1.165) is 6.42 Å². The van der Waals surface area contributed by atoms with E-state index in [-0.39, 0.29) is 11.5 Å². The molecular weight excluding hydrogens is 396 g/mol. The lowest BCUT2D eigenvalue weighted by atomic mass is 9.87. The molecule has 2 heterocycles. The molecule has 156 valence electrons. The molecule has 1 atom stereocenters. The van der Waals surface area contributed by atoms with Gasteiger partial charge in [-0.1, -0.05) is 13.0 Å². The van der Waals surface area contributed by atoms with Crippen LogP contribution in [0.25, 0.3) is 0 Å². The number of rotatable bonds is 6. The molecule has 1 aliphatic heterocycles. The van der Waals surface area contributed by atoms with Crippen molar-refractivity contribution in [1.29, 1.82) is 5.26 Å². The Morgan fingerprint density at radius 2 is 1.94 bits per heavy atom. The van der Waals surface area contributed by atoms with Crippen molar-refractivity contribution in [3.8, 4) is 23.3 Å². The molecule has 2 aromatic carbocycles. The number of ether oxygens (including phenoxy) is 3. The molecule has 0 bridgehead atoms. The molecule has 4 rings (SSSR count). The number of hydrogen-bond acceptors (Lipinski definition) is 7. The second-order valence-electron chi connectivity index (χ2n) is 6.90. The summed E-state index contributed by atoms with van der Waals surface area (Å²) in [5.74, 6) is 0.931. The molecule has 7 nitrogen and oxygen atoms in total. The fourth-order valence-corrected chi connectivity index (χ4v) is 3.32. The van der Waals surface area contributed by atoms with Crippen molar-refractivity contribution < 1.29 is 23.4 Å². The van der Waals surface area contributed by atoms with E-state index >= 15 is 0 Å². The average Bonchev–Trinajstić information content (AvgIpc) is 3.31. The third-order valence-electron chi connectivity index (χ3n) is 4.79. The number of esters is 1. The molecule has 0 saturated carbocycles. The molecule has 31 heavy (non-hydrogen) atoms. The summed E-state index contributed by atoms with van der Waals surface area (Å²) in [6.07, 6.45) is 2.44. The lowest BCUT2D eigenvalue weighted by Crippen LogP contribution is -2.21. The van der Waals surface area contributed by atoms with Crippen LogP contribution >= 0.6 is 0 Å². The third-order valence-corrected chi connectivity index (χ3v) is 4.79. The van der Waals surface area contributed by atoms with Crippen LogP contribution in [0.15, 0.2) is 76.7 Å². The first-order valence-corrected chi connectivity index (χ1v) is 9.80. The molecule has 0 saturated heterocycles. The van der Waals surface area contributed by atoms with Gasteiger partial charge in [0.2, 0.25) is 5.88 Å². The zero-order chi connectivity index (χ0) is 21.8. The zero-order valence-corrected chi connectivity index (χ0v) is 16.8. The molecule has 0 radical (unpaired) electrons. The minimum atomic E-state index is -0.512. The summed E-state index contributed by atoms with van der Waals surface area (Å²) in [5, 5.41) is 9.54. The van der Waals surface area contributed by atoms with Crippen molar-refractivity contribution >= 4 is 5.97 Å². The number of carbonyl (C=O) groups excluding carboxylic acids is 1. The third kappa shape index (κ3) is 4.09. The lowest BCUT2D eigenvalue weighted by Gasteiger charge is -2.25. The maximum Gasteiger partial charge on any atom is 0.343 e. The molecule has 0 spiro atoms. The number of hydrogen-bond donors (Lipinski definition) is 1. The number of nitrogens with two attached hydrogens (primary N) is 1. The van der Waals surface area contributed by atoms with Gasteiger partial charge in [-0.2, -0.15) is 5.26 Å². The molecule has 1 unspecified atom stereocenters. The smallest absolute Gasteiger partial charge is 0.343 e. The monoisotopic (exact) mass is 416 g/mol. The molecule has 0 fully saturated rings. The van der Waals surface area contributed by atoms with E-state index in [1.807, 2.05) is 6.92 Å². The fourth-order valence-electron chi connectivity index (χ4n) is 3.32. The topological polar surface area (TPSA) is 108 Å². The minimum Gasteiger partial charge on any atom is -0.494 e. The van der Waals surface area contributed by atoms with Crippen molar-refractivity contribution in [3.63, 3.8) is 0 Å². The molecule has 0 amide bonds. The van der Waals surface area contributed by atoms with Gasteiger partial charge < -0.3 is 24.4 Å². The van der Waals surface area contributed by atoms with Gasteiger partial charge in [0.25, 0.3) is 0 Å². The number of furan rings is 1. The van der Waals surface area contributed by atoms with Gasteiger partial charge >= 0.3 is 5.97 Å². The van der Waals surface area contributed by atoms with Crippen LogP contribution < -0.4 is 19.9 Å². The van der Waals surface area contributed by atoms with Crippen molar-refractivity contribution in [2.24, 2.45) is 5.73 Å². The Hall–Kier alpha value is -4.18. The minimum absolute atomic E-state index is 0.0115. The van der Waals surface area contributed by atoms with Crippen molar-refractivity contribution in [3.05, 3.63) is 89.2 Å². The highest BCUT2D eigenvalue weighted by Crippen LogP contribution is 2.43. The van der Waals surface area contributed by atoms with Gasteiger partial charge in [-0.15, -0.1) is 0 Å². The lowest BCUT2D eigenvalue weighted by molar-refractivity contribution is 0.0734. The highest BCUT2D eigenvalue weighted by Gasteiger charge is 2.32. The SMILES string of the molecule is CCCOc1ccc(C(=O)Oc2ccc3c(c2)OC(N)=C(C#N)C3c2ccco2)cc1. The van der Waals surface area contributed by atoms with Crippen LogP contribution in [-0.2, 0) is 0 Å². The largest absolute Gasteiger partial charge is 0.494 e. The Morgan fingerprint density at radius 1 is 1.16 bits per heavy atom. The van der Waals surface area contributed by atoms with Crippen LogP contribution in [0, 0.1) is 11.3 Å². The Morgan fingerprint density at radius 3 is 2.61 bits per heavy atom. The maximum absolute atomic E-state index is 12.5. The first kappa shape index (κ1) is 20.1. The number of carbonyl (C=O) groups is 1. The number of nitriles is 1. The molecule has 0 aliphatic carbocycles. The molecule has 7 heteroatoms. The van der Waals surface area contributed by atoms with Crippen molar-refractivity contribution in [2.75, 3.05) is 6.61 Å². The summed E-state index contributed by atoms with van der Waals surface area (Å²) in [6.45, 7) is 2.64. The fraction of sp³-hybridized carbons (Fsp3) is 0.167. The van der Waals surface area contributed by atoms with Crippen LogP contribution in [-0.4, -0.2) is 12.6 Å². The van der Waals surface area contributed by atoms with Crippen LogP contribution in [0.4, 0.5) is 0 Å². The first-order chi connectivity index (χ1) is 15.1. The maximum atomic E-state index is 12.5. The Bertz CT molecular complexity index is 1160. The average molecular weight is 416 g/mol. The van der Waals surface area contributed by atoms with Gasteiger partial charge in [-0.3, -0.25) is 0 Å². The standard InChI is InChI=1S/C24H20N2O5/c1-2-11-28-16-7-5-15(6-8-16)24(27)30-17-9-10-18-21(13-17)31-23(26)19(14-25)22(18)20-4-3-12-29-20/h3-10,12-13,22H,2,11,26H2,1H3. The molecule has 1 aromatic heterocycles. The summed E-state index contributed by atoms with van der Waals surface area (Å²) in [6, 6.07) is 17.3. The van der Waals surface area contributed by atoms with Crippen LogP contribution in [0.3, 0.4) is 0 Å². The quantitative estimate of drug-likeness (QED) is 0.465. The predicted octanol–water partition coefficient (Wildman–Crippen LogP) is 4.51. The van der Waals surface area contributed by atoms with E-state index < -0.39 is 11.9 Å². The van der Waals surface area contributed by atoms with E-state index in [1.54, 1.807) is 54.6 Å². The number of nitrogens with zero attached hydrogens (tertiary/aromatic N) is 1. The Balaban J connectivity index is 1.56. The van der Waals surface area contributed by atoms with Crippen molar-refractivity contribution in [2.45, 2.75) is 19.3 Å². The van der Waals surface area contributed by atoms with Gasteiger partial charge in [0.05, 0.1) is 24.4 Å². The normalized spacial score (nSPS) is 14.9. The van der Waals surface area contributed by atoms with Gasteiger partial charge in [0.1, 0.15) is 34.7 Å². The summed E-state index contributed by atoms with van der Waals surface area (Å²) in [5.41, 5.74) is 7.31. The van der Waals surface area contributed by atoms with E-state index in [4.69, 9.17) is 24.4 Å². The molecule has 2 N–H and O–H groups in total. The van der Waals surface area contributed by atoms with E-state index in [0.29, 0.717) is 40.7 Å². The van der Waals surface area contributed by atoms with Crippen LogP contribution in [0.5, 0.6) is 17.2 Å². The summed E-state index contributed by atoms with van der Waals surface area (Å²) in [7, 11) is 0. The second-order valence-corrected chi connectivity index (χ2v) is 6.90. The van der Waals surface area contributed by atoms with E-state index in [2.05, 4.69) is 6.07 Å². The summed E-state index contributed by atoms with van der Waals surface area (Å²) < 4.78 is 22.2. The summed E-state index contributed by atoms with van der Waals surface area (Å²) in [4.78, 5) is 12.5. The number of allylic oxidation sites excluding steroid dienone is 1. The van der Waals surface area contributed by atoms with E-state index in [1.165, 1.54) is 6.26 Å². The van der Waals surface area contributed by atoms with Crippen molar-refractivity contribution in [1.82, 2.24) is 0 Å². The van der Waals surface area contributed by atoms with Gasteiger partial charge in [0, 0.05) is 11.6 Å². The van der Waals surface area contributed by atoms with Crippen LogP contribution in [0.2, 0.25) is 0 Å². The summed E-state index contributed by atoms with van der Waals surface area (Å²) >= 11 is 0. The number of fused-ring (bicyclic) bond motifs is 1. The van der Waals surface area contributed by atoms with Gasteiger partial charge in [0.15, 0.2) is 0 Å². The Labute approximate surface area is 179 Å². The molecular formula is C24H20N2O5. The second kappa shape index (κ2) is 8.67.